The van der Waals surface area contributed by atoms with Crippen molar-refractivity contribution in [2.75, 3.05) is 13.2 Å². The summed E-state index contributed by atoms with van der Waals surface area (Å²) in [7, 11) is 0. The average molecular weight is 392 g/mol. The molecule has 0 amide bonds. The maximum absolute atomic E-state index is 10.2. The molecular formula is C19H36O8. The van der Waals surface area contributed by atoms with Gasteiger partial charge in [0.05, 0.1) is 18.8 Å². The van der Waals surface area contributed by atoms with Crippen molar-refractivity contribution in [1.82, 2.24) is 0 Å². The molecule has 0 unspecified atom stereocenters. The quantitative estimate of drug-likeness (QED) is 0.337. The first-order valence-electron chi connectivity index (χ1n) is 9.85. The second-order valence-electron chi connectivity index (χ2n) is 8.86. The molecule has 0 aromatic heterocycles. The predicted molar refractivity (Wildman–Crippen MR) is 96.6 cm³/mol. The summed E-state index contributed by atoms with van der Waals surface area (Å²) in [6.45, 7) is 5.47. The van der Waals surface area contributed by atoms with Crippen LogP contribution in [0.2, 0.25) is 0 Å². The van der Waals surface area contributed by atoms with Crippen LogP contribution in [0.5, 0.6) is 0 Å². The Morgan fingerprint density at radius 2 is 1.74 bits per heavy atom. The van der Waals surface area contributed by atoms with Crippen LogP contribution in [0, 0.1) is 17.3 Å². The van der Waals surface area contributed by atoms with Crippen molar-refractivity contribution in [1.29, 1.82) is 0 Å². The SMILES string of the molecule is C[C@@H](O)CC[C@H]1[C@H](CO)C[C@H](O[C@@H]2O[C@H](CO)[C@@H](O)[C@H](O)[C@H]2O)CC1(C)C. The summed E-state index contributed by atoms with van der Waals surface area (Å²) < 4.78 is 11.4. The third-order valence-electron chi connectivity index (χ3n) is 6.20. The molecule has 160 valence electrons. The summed E-state index contributed by atoms with van der Waals surface area (Å²) in [6, 6.07) is 0. The van der Waals surface area contributed by atoms with Gasteiger partial charge in [-0.05, 0) is 49.9 Å². The molecule has 0 bridgehead atoms. The van der Waals surface area contributed by atoms with Crippen molar-refractivity contribution in [2.24, 2.45) is 17.3 Å². The fourth-order valence-corrected chi connectivity index (χ4v) is 4.68. The van der Waals surface area contributed by atoms with Crippen LogP contribution in [0.15, 0.2) is 0 Å². The van der Waals surface area contributed by atoms with Crippen LogP contribution < -0.4 is 0 Å². The van der Waals surface area contributed by atoms with E-state index in [1.54, 1.807) is 6.92 Å². The molecule has 0 aromatic rings. The highest BCUT2D eigenvalue weighted by atomic mass is 16.7. The van der Waals surface area contributed by atoms with E-state index in [4.69, 9.17) is 9.47 Å². The van der Waals surface area contributed by atoms with Gasteiger partial charge in [-0.15, -0.1) is 0 Å². The van der Waals surface area contributed by atoms with Crippen LogP contribution in [-0.4, -0.2) is 86.8 Å². The Morgan fingerprint density at radius 3 is 2.30 bits per heavy atom. The zero-order valence-corrected chi connectivity index (χ0v) is 16.4. The van der Waals surface area contributed by atoms with Gasteiger partial charge in [0.25, 0.3) is 0 Å². The number of hydrogen-bond donors (Lipinski definition) is 6. The molecule has 2 rings (SSSR count). The third-order valence-corrected chi connectivity index (χ3v) is 6.20. The molecule has 1 aliphatic heterocycles. The minimum Gasteiger partial charge on any atom is -0.396 e. The van der Waals surface area contributed by atoms with Crippen molar-refractivity contribution in [2.45, 2.75) is 89.4 Å². The van der Waals surface area contributed by atoms with E-state index >= 15 is 0 Å². The molecule has 1 saturated heterocycles. The fraction of sp³-hybridized carbons (Fsp3) is 1.00. The highest BCUT2D eigenvalue weighted by Gasteiger charge is 2.48. The van der Waals surface area contributed by atoms with E-state index in [2.05, 4.69) is 13.8 Å². The zero-order chi connectivity index (χ0) is 20.4. The Bertz CT molecular complexity index is 455. The molecule has 0 spiro atoms. The molecule has 2 aliphatic rings. The lowest BCUT2D eigenvalue weighted by Gasteiger charge is -2.49. The zero-order valence-electron chi connectivity index (χ0n) is 16.4. The molecule has 2 fully saturated rings. The minimum atomic E-state index is -1.47. The highest BCUT2D eigenvalue weighted by molar-refractivity contribution is 4.94. The summed E-state index contributed by atoms with van der Waals surface area (Å²) in [5, 5.41) is 58.8. The lowest BCUT2D eigenvalue weighted by Crippen LogP contribution is -2.60. The molecule has 6 N–H and O–H groups in total. The second kappa shape index (κ2) is 9.45. The summed E-state index contributed by atoms with van der Waals surface area (Å²) in [6.07, 6.45) is -4.44. The first-order valence-corrected chi connectivity index (χ1v) is 9.85. The third kappa shape index (κ3) is 5.39. The molecule has 0 aromatic carbocycles. The van der Waals surface area contributed by atoms with E-state index in [1.165, 1.54) is 0 Å². The van der Waals surface area contributed by atoms with Gasteiger partial charge in [0.15, 0.2) is 6.29 Å². The number of aliphatic hydroxyl groups excluding tert-OH is 6. The Kier molecular flexibility index (Phi) is 8.04. The van der Waals surface area contributed by atoms with E-state index in [-0.39, 0.29) is 36.1 Å². The van der Waals surface area contributed by atoms with Crippen LogP contribution in [-0.2, 0) is 9.47 Å². The Labute approximate surface area is 160 Å². The molecule has 1 saturated carbocycles. The van der Waals surface area contributed by atoms with Gasteiger partial charge in [-0.3, -0.25) is 0 Å². The summed E-state index contributed by atoms with van der Waals surface area (Å²) >= 11 is 0. The van der Waals surface area contributed by atoms with Gasteiger partial charge >= 0.3 is 0 Å². The maximum atomic E-state index is 10.2. The van der Waals surface area contributed by atoms with Gasteiger partial charge in [0, 0.05) is 6.61 Å². The van der Waals surface area contributed by atoms with Crippen molar-refractivity contribution in [3.63, 3.8) is 0 Å². The second-order valence-corrected chi connectivity index (χ2v) is 8.86. The van der Waals surface area contributed by atoms with Crippen molar-refractivity contribution < 1.29 is 40.1 Å². The number of ether oxygens (including phenoxy) is 2. The van der Waals surface area contributed by atoms with Gasteiger partial charge in [-0.25, -0.2) is 0 Å². The van der Waals surface area contributed by atoms with Crippen molar-refractivity contribution in [3.05, 3.63) is 0 Å². The molecule has 8 nitrogen and oxygen atoms in total. The standard InChI is InChI=1S/C19H36O8/c1-10(22)4-5-13-11(8-20)6-12(7-19(13,2)3)26-18-17(25)16(24)15(23)14(9-21)27-18/h10-18,20-25H,4-9H2,1-3H3/t10-,11+,12+,13+,14-,15-,16+,17-,18-/m1/s1. The molecule has 1 aliphatic carbocycles. The minimum absolute atomic E-state index is 0.00243. The van der Waals surface area contributed by atoms with E-state index in [9.17, 15) is 30.6 Å². The van der Waals surface area contributed by atoms with Crippen molar-refractivity contribution >= 4 is 0 Å². The fourth-order valence-electron chi connectivity index (χ4n) is 4.68. The van der Waals surface area contributed by atoms with E-state index < -0.39 is 37.3 Å². The average Bonchev–Trinajstić information content (AvgIpc) is 2.59. The molecule has 1 heterocycles. The maximum Gasteiger partial charge on any atom is 0.186 e. The van der Waals surface area contributed by atoms with Crippen LogP contribution in [0.4, 0.5) is 0 Å². The monoisotopic (exact) mass is 392 g/mol. The van der Waals surface area contributed by atoms with E-state index in [0.717, 1.165) is 6.42 Å². The van der Waals surface area contributed by atoms with Crippen LogP contribution in [0.1, 0.15) is 46.5 Å². The van der Waals surface area contributed by atoms with Gasteiger partial charge in [0.2, 0.25) is 0 Å². The van der Waals surface area contributed by atoms with E-state index in [0.29, 0.717) is 19.3 Å². The predicted octanol–water partition coefficient (Wildman–Crippen LogP) is -0.623. The molecule has 27 heavy (non-hydrogen) atoms. The highest BCUT2D eigenvalue weighted by Crippen LogP contribution is 2.47. The Morgan fingerprint density at radius 1 is 1.07 bits per heavy atom. The lowest BCUT2D eigenvalue weighted by atomic mass is 9.61. The van der Waals surface area contributed by atoms with Crippen LogP contribution >= 0.6 is 0 Å². The van der Waals surface area contributed by atoms with Gasteiger partial charge < -0.3 is 40.1 Å². The molecular weight excluding hydrogens is 356 g/mol. The summed E-state index contributed by atoms with van der Waals surface area (Å²) in [5.41, 5.74) is -0.153. The first kappa shape index (κ1) is 23.0. The van der Waals surface area contributed by atoms with E-state index in [1.807, 2.05) is 0 Å². The summed E-state index contributed by atoms with van der Waals surface area (Å²) in [4.78, 5) is 0. The first-order chi connectivity index (χ1) is 12.6. The number of aliphatic hydroxyl groups is 6. The Hall–Kier alpha value is -0.320. The molecule has 0 radical (unpaired) electrons. The normalized spacial score (nSPS) is 43.4. The van der Waals surface area contributed by atoms with Gasteiger partial charge in [0.1, 0.15) is 24.4 Å². The van der Waals surface area contributed by atoms with Crippen LogP contribution in [0.3, 0.4) is 0 Å². The van der Waals surface area contributed by atoms with Crippen molar-refractivity contribution in [3.8, 4) is 0 Å². The molecule has 8 heteroatoms. The summed E-state index contributed by atoms with van der Waals surface area (Å²) in [5.74, 6) is 0.217. The van der Waals surface area contributed by atoms with Crippen LogP contribution in [0.25, 0.3) is 0 Å². The topological polar surface area (TPSA) is 140 Å². The molecule has 9 atom stereocenters. The lowest BCUT2D eigenvalue weighted by molar-refractivity contribution is -0.317. The smallest absolute Gasteiger partial charge is 0.186 e. The Balaban J connectivity index is 2.05. The number of rotatable bonds is 7. The van der Waals surface area contributed by atoms with Gasteiger partial charge in [-0.2, -0.15) is 0 Å². The number of hydrogen-bond acceptors (Lipinski definition) is 8. The van der Waals surface area contributed by atoms with Gasteiger partial charge in [-0.1, -0.05) is 13.8 Å². The largest absolute Gasteiger partial charge is 0.396 e.